The highest BCUT2D eigenvalue weighted by Gasteiger charge is 2.55. The van der Waals surface area contributed by atoms with Crippen molar-refractivity contribution in [2.24, 2.45) is 11.8 Å². The van der Waals surface area contributed by atoms with E-state index in [9.17, 15) is 9.90 Å². The number of benzene rings is 2. The number of carbonyl (C=O) groups is 1. The van der Waals surface area contributed by atoms with Crippen LogP contribution in [0.3, 0.4) is 0 Å². The Bertz CT molecular complexity index is 1670. The van der Waals surface area contributed by atoms with E-state index in [0.29, 0.717) is 61.0 Å². The van der Waals surface area contributed by atoms with E-state index in [2.05, 4.69) is 36.3 Å². The lowest BCUT2D eigenvalue weighted by atomic mass is 9.59. The number of aliphatic hydroxyl groups is 1. The van der Waals surface area contributed by atoms with Gasteiger partial charge in [0.25, 0.3) is 0 Å². The minimum atomic E-state index is -0.858. The molecule has 4 atom stereocenters. The van der Waals surface area contributed by atoms with Crippen LogP contribution in [0.1, 0.15) is 93.5 Å². The maximum atomic E-state index is 13.5. The van der Waals surface area contributed by atoms with Gasteiger partial charge in [0.1, 0.15) is 17.4 Å². The van der Waals surface area contributed by atoms with Crippen LogP contribution in [-0.2, 0) is 27.8 Å². The molecule has 1 saturated carbocycles. The minimum absolute atomic E-state index is 0.0430. The van der Waals surface area contributed by atoms with E-state index in [0.717, 1.165) is 49.3 Å². The number of hydrogen-bond donors (Lipinski definition) is 2. The zero-order valence-electron chi connectivity index (χ0n) is 28.9. The molecule has 262 valence electrons. The van der Waals surface area contributed by atoms with Crippen molar-refractivity contribution in [3.63, 3.8) is 0 Å². The van der Waals surface area contributed by atoms with Crippen molar-refractivity contribution in [3.8, 4) is 17.2 Å². The standard InChI is InChI=1S/C40H49ClN2O6/c1-25(24-48-34-10-16-42-33-9-4-6-26(2)37(33)34)18-28-19-27-20-36-35(47-17-11-31(23-44)49-36)22-32(27)39(28)12-14-40(15-13-39,38(45)46-3)43-30-8-5-7-29(41)21-30/h5,7-8,10,16,20-22,25-26,28,31,43-44H,4,6,9,11-15,17-19,23-24H2,1-3H3/t25-,26-,28+,31+,39?,40?/m1/s1. The summed E-state index contributed by atoms with van der Waals surface area (Å²) in [6.07, 6.45) is 10.4. The van der Waals surface area contributed by atoms with Crippen molar-refractivity contribution >= 4 is 23.3 Å². The number of aromatic nitrogens is 1. The Morgan fingerprint density at radius 3 is 2.76 bits per heavy atom. The average Bonchev–Trinajstić information content (AvgIpc) is 3.23. The molecule has 2 aromatic carbocycles. The SMILES string of the molecule is COC(=O)C1(Nc2cccc(Cl)c2)CCC2(CC1)c1cc3c(cc1C[C@@H]2C[C@@H](C)COc1ccnc2c1[C@H](C)CCC2)O[C@H](CO)CCO3. The Labute approximate surface area is 294 Å². The van der Waals surface area contributed by atoms with Gasteiger partial charge in [-0.05, 0) is 128 Å². The first-order valence-corrected chi connectivity index (χ1v) is 18.4. The van der Waals surface area contributed by atoms with Crippen LogP contribution in [0, 0.1) is 11.8 Å². The number of ether oxygens (including phenoxy) is 4. The lowest BCUT2D eigenvalue weighted by molar-refractivity contribution is -0.148. The Hall–Kier alpha value is -3.49. The number of rotatable bonds is 9. The molecule has 8 nitrogen and oxygen atoms in total. The molecular weight excluding hydrogens is 640 g/mol. The summed E-state index contributed by atoms with van der Waals surface area (Å²) in [5.74, 6) is 3.29. The number of carbonyl (C=O) groups excluding carboxylic acids is 1. The van der Waals surface area contributed by atoms with Gasteiger partial charge in [0, 0.05) is 34.6 Å². The smallest absolute Gasteiger partial charge is 0.331 e. The van der Waals surface area contributed by atoms with E-state index in [1.54, 1.807) is 0 Å². The number of anilines is 1. The fourth-order valence-electron chi connectivity index (χ4n) is 9.17. The lowest BCUT2D eigenvalue weighted by Gasteiger charge is -2.47. The van der Waals surface area contributed by atoms with Crippen LogP contribution in [-0.4, -0.2) is 54.6 Å². The van der Waals surface area contributed by atoms with Crippen LogP contribution in [0.5, 0.6) is 17.2 Å². The second-order valence-corrected chi connectivity index (χ2v) is 15.3. The summed E-state index contributed by atoms with van der Waals surface area (Å²) in [7, 11) is 1.47. The van der Waals surface area contributed by atoms with Crippen LogP contribution in [0.4, 0.5) is 5.69 Å². The molecule has 1 aliphatic heterocycles. The Kier molecular flexibility index (Phi) is 9.73. The van der Waals surface area contributed by atoms with Gasteiger partial charge in [-0.3, -0.25) is 4.98 Å². The van der Waals surface area contributed by atoms with Crippen molar-refractivity contribution in [3.05, 3.63) is 76.1 Å². The van der Waals surface area contributed by atoms with Crippen LogP contribution >= 0.6 is 11.6 Å². The summed E-state index contributed by atoms with van der Waals surface area (Å²) in [4.78, 5) is 18.2. The molecule has 0 amide bonds. The van der Waals surface area contributed by atoms with E-state index in [-0.39, 0.29) is 24.1 Å². The molecule has 1 fully saturated rings. The zero-order valence-corrected chi connectivity index (χ0v) is 29.7. The largest absolute Gasteiger partial charge is 0.493 e. The van der Waals surface area contributed by atoms with Crippen molar-refractivity contribution < 1.29 is 28.8 Å². The molecule has 2 heterocycles. The molecule has 2 N–H and O–H groups in total. The molecule has 1 aromatic heterocycles. The molecule has 0 bridgehead atoms. The molecule has 0 saturated heterocycles. The monoisotopic (exact) mass is 688 g/mol. The molecule has 0 unspecified atom stereocenters. The number of methoxy groups -OCH3 is 1. The van der Waals surface area contributed by atoms with E-state index in [1.165, 1.54) is 42.3 Å². The van der Waals surface area contributed by atoms with Crippen LogP contribution in [0.15, 0.2) is 48.7 Å². The van der Waals surface area contributed by atoms with Crippen molar-refractivity contribution in [2.75, 3.05) is 32.2 Å². The molecule has 3 aromatic rings. The number of aliphatic hydroxyl groups excluding tert-OH is 1. The fraction of sp³-hybridized carbons (Fsp3) is 0.550. The third kappa shape index (κ3) is 6.59. The van der Waals surface area contributed by atoms with Gasteiger partial charge in [-0.1, -0.05) is 31.5 Å². The molecule has 49 heavy (non-hydrogen) atoms. The van der Waals surface area contributed by atoms with E-state index in [4.69, 9.17) is 30.5 Å². The number of nitrogens with one attached hydrogen (secondary N) is 1. The summed E-state index contributed by atoms with van der Waals surface area (Å²) in [5.41, 5.74) is 4.84. The fourth-order valence-corrected chi connectivity index (χ4v) is 9.36. The molecule has 9 heteroatoms. The Balaban J connectivity index is 1.17. The predicted molar refractivity (Wildman–Crippen MR) is 190 cm³/mol. The van der Waals surface area contributed by atoms with Gasteiger partial charge >= 0.3 is 5.97 Å². The third-order valence-corrected chi connectivity index (χ3v) is 12.0. The number of aryl methyl sites for hydroxylation is 1. The summed E-state index contributed by atoms with van der Waals surface area (Å²) in [5, 5.41) is 14.0. The minimum Gasteiger partial charge on any atom is -0.493 e. The zero-order chi connectivity index (χ0) is 34.2. The molecule has 3 aliphatic carbocycles. The highest BCUT2D eigenvalue weighted by Crippen LogP contribution is 2.58. The van der Waals surface area contributed by atoms with Crippen molar-refractivity contribution in [1.82, 2.24) is 4.98 Å². The first-order chi connectivity index (χ1) is 23.7. The molecule has 0 radical (unpaired) electrons. The van der Waals surface area contributed by atoms with Crippen LogP contribution in [0.25, 0.3) is 0 Å². The van der Waals surface area contributed by atoms with Crippen LogP contribution < -0.4 is 19.5 Å². The summed E-state index contributed by atoms with van der Waals surface area (Å²) >= 11 is 6.33. The Morgan fingerprint density at radius 2 is 1.98 bits per heavy atom. The van der Waals surface area contributed by atoms with Gasteiger partial charge in [-0.2, -0.15) is 0 Å². The average molecular weight is 689 g/mol. The van der Waals surface area contributed by atoms with E-state index in [1.807, 2.05) is 36.5 Å². The van der Waals surface area contributed by atoms with Gasteiger partial charge in [-0.15, -0.1) is 0 Å². The number of hydrogen-bond acceptors (Lipinski definition) is 8. The number of nitrogens with zero attached hydrogens (tertiary/aromatic N) is 1. The number of esters is 1. The van der Waals surface area contributed by atoms with E-state index >= 15 is 0 Å². The Morgan fingerprint density at radius 1 is 1.14 bits per heavy atom. The number of pyridine rings is 1. The van der Waals surface area contributed by atoms with Gasteiger partial charge in [0.15, 0.2) is 11.5 Å². The maximum Gasteiger partial charge on any atom is 0.331 e. The number of halogens is 1. The van der Waals surface area contributed by atoms with Gasteiger partial charge in [0.2, 0.25) is 0 Å². The van der Waals surface area contributed by atoms with Crippen LogP contribution in [0.2, 0.25) is 5.02 Å². The van der Waals surface area contributed by atoms with Gasteiger partial charge < -0.3 is 29.4 Å². The molecule has 4 aliphatic rings. The second-order valence-electron chi connectivity index (χ2n) is 14.9. The molecular formula is C40H49ClN2O6. The summed E-state index contributed by atoms with van der Waals surface area (Å²) < 4.78 is 24.5. The van der Waals surface area contributed by atoms with Gasteiger partial charge in [-0.25, -0.2) is 4.79 Å². The first-order valence-electron chi connectivity index (χ1n) is 18.0. The third-order valence-electron chi connectivity index (χ3n) is 11.7. The predicted octanol–water partition coefficient (Wildman–Crippen LogP) is 7.81. The molecule has 1 spiro atoms. The maximum absolute atomic E-state index is 13.5. The van der Waals surface area contributed by atoms with Crippen molar-refractivity contribution in [1.29, 1.82) is 0 Å². The van der Waals surface area contributed by atoms with Gasteiger partial charge in [0.05, 0.1) is 26.9 Å². The van der Waals surface area contributed by atoms with E-state index < -0.39 is 5.54 Å². The topological polar surface area (TPSA) is 99.1 Å². The lowest BCUT2D eigenvalue weighted by Crippen LogP contribution is -2.53. The summed E-state index contributed by atoms with van der Waals surface area (Å²) in [6, 6.07) is 13.9. The highest BCUT2D eigenvalue weighted by molar-refractivity contribution is 6.30. The first kappa shape index (κ1) is 34.0. The normalized spacial score (nSPS) is 27.8. The second kappa shape index (κ2) is 14.0. The molecule has 7 rings (SSSR count). The number of fused-ring (bicyclic) bond motifs is 4. The quantitative estimate of drug-likeness (QED) is 0.220. The highest BCUT2D eigenvalue weighted by atomic mass is 35.5. The summed E-state index contributed by atoms with van der Waals surface area (Å²) in [6.45, 7) is 5.66. The van der Waals surface area contributed by atoms with Crippen molar-refractivity contribution in [2.45, 2.75) is 101 Å².